The maximum Gasteiger partial charge on any atom is 0.127 e. The second-order valence-electron chi connectivity index (χ2n) is 5.76. The van der Waals surface area contributed by atoms with Crippen molar-refractivity contribution in [2.75, 3.05) is 5.73 Å². The smallest absolute Gasteiger partial charge is 0.127 e. The Bertz CT molecular complexity index is 562. The highest BCUT2D eigenvalue weighted by atomic mass is 15.3. The zero-order valence-corrected chi connectivity index (χ0v) is 12.2. The van der Waals surface area contributed by atoms with Crippen molar-refractivity contribution >= 4 is 5.82 Å². The van der Waals surface area contributed by atoms with Crippen molar-refractivity contribution in [3.05, 3.63) is 41.6 Å². The molecule has 1 saturated carbocycles. The van der Waals surface area contributed by atoms with Gasteiger partial charge in [0.05, 0.1) is 11.4 Å². The van der Waals surface area contributed by atoms with Gasteiger partial charge in [0.25, 0.3) is 0 Å². The normalized spacial score (nSPS) is 16.4. The Hall–Kier alpha value is -1.77. The van der Waals surface area contributed by atoms with Gasteiger partial charge in [-0.2, -0.15) is 5.10 Å². The Labute approximate surface area is 120 Å². The summed E-state index contributed by atoms with van der Waals surface area (Å²) >= 11 is 0. The van der Waals surface area contributed by atoms with Gasteiger partial charge in [-0.05, 0) is 37.0 Å². The lowest BCUT2D eigenvalue weighted by Crippen LogP contribution is -2.06. The molecule has 1 aliphatic rings. The number of nitrogen functional groups attached to an aromatic ring is 1. The second-order valence-corrected chi connectivity index (χ2v) is 5.76. The van der Waals surface area contributed by atoms with Gasteiger partial charge in [0, 0.05) is 12.0 Å². The van der Waals surface area contributed by atoms with E-state index in [0.717, 1.165) is 17.9 Å². The molecule has 0 amide bonds. The van der Waals surface area contributed by atoms with Gasteiger partial charge < -0.3 is 5.73 Å². The zero-order valence-electron chi connectivity index (χ0n) is 12.2. The van der Waals surface area contributed by atoms with Gasteiger partial charge in [-0.1, -0.05) is 38.3 Å². The van der Waals surface area contributed by atoms with Crippen molar-refractivity contribution in [3.63, 3.8) is 0 Å². The average Bonchev–Trinajstić information content (AvgIpc) is 2.90. The summed E-state index contributed by atoms with van der Waals surface area (Å²) in [6.45, 7) is 2.17. The highest BCUT2D eigenvalue weighted by Gasteiger charge is 2.19. The van der Waals surface area contributed by atoms with Crippen LogP contribution in [0.3, 0.4) is 0 Å². The van der Waals surface area contributed by atoms with Crippen LogP contribution in [0.15, 0.2) is 30.3 Å². The first-order valence-corrected chi connectivity index (χ1v) is 7.72. The van der Waals surface area contributed by atoms with Gasteiger partial charge in [-0.25, -0.2) is 4.68 Å². The molecule has 1 aliphatic carbocycles. The van der Waals surface area contributed by atoms with Gasteiger partial charge in [0.2, 0.25) is 0 Å². The van der Waals surface area contributed by atoms with Crippen molar-refractivity contribution in [1.29, 1.82) is 0 Å². The molecule has 3 nitrogen and oxygen atoms in total. The number of rotatable bonds is 3. The molecule has 0 aliphatic heterocycles. The largest absolute Gasteiger partial charge is 0.384 e. The van der Waals surface area contributed by atoms with E-state index in [2.05, 4.69) is 37.3 Å². The summed E-state index contributed by atoms with van der Waals surface area (Å²) < 4.78 is 1.88. The molecule has 1 heterocycles. The summed E-state index contributed by atoms with van der Waals surface area (Å²) in [6, 6.07) is 10.6. The van der Waals surface area contributed by atoms with E-state index in [4.69, 9.17) is 10.8 Å². The highest BCUT2D eigenvalue weighted by molar-refractivity contribution is 5.44. The van der Waals surface area contributed by atoms with Gasteiger partial charge in [0.1, 0.15) is 5.82 Å². The van der Waals surface area contributed by atoms with Gasteiger partial charge in [-0.3, -0.25) is 0 Å². The van der Waals surface area contributed by atoms with E-state index >= 15 is 0 Å². The predicted molar refractivity (Wildman–Crippen MR) is 83.2 cm³/mol. The van der Waals surface area contributed by atoms with Crippen LogP contribution < -0.4 is 5.73 Å². The van der Waals surface area contributed by atoms with E-state index in [0.29, 0.717) is 5.92 Å². The molecular formula is C17H23N3. The van der Waals surface area contributed by atoms with E-state index in [9.17, 15) is 0 Å². The number of aromatic nitrogens is 2. The Morgan fingerprint density at radius 2 is 1.85 bits per heavy atom. The molecule has 3 rings (SSSR count). The molecule has 2 N–H and O–H groups in total. The van der Waals surface area contributed by atoms with Crippen LogP contribution >= 0.6 is 0 Å². The molecule has 1 aromatic carbocycles. The fourth-order valence-electron chi connectivity index (χ4n) is 3.09. The van der Waals surface area contributed by atoms with Crippen LogP contribution in [-0.4, -0.2) is 9.78 Å². The minimum absolute atomic E-state index is 0.599. The minimum atomic E-state index is 0.599. The molecule has 3 heteroatoms. The third kappa shape index (κ3) is 2.58. The van der Waals surface area contributed by atoms with Crippen molar-refractivity contribution in [3.8, 4) is 5.69 Å². The molecule has 0 saturated heterocycles. The van der Waals surface area contributed by atoms with Crippen molar-refractivity contribution in [2.24, 2.45) is 0 Å². The Kier molecular flexibility index (Phi) is 3.77. The lowest BCUT2D eigenvalue weighted by molar-refractivity contribution is 0.435. The summed E-state index contributed by atoms with van der Waals surface area (Å²) in [6.07, 6.45) is 7.58. The van der Waals surface area contributed by atoms with Crippen LogP contribution in [-0.2, 0) is 6.42 Å². The van der Waals surface area contributed by atoms with Crippen LogP contribution in [0.25, 0.3) is 5.69 Å². The maximum absolute atomic E-state index is 6.15. The van der Waals surface area contributed by atoms with Crippen molar-refractivity contribution in [1.82, 2.24) is 9.78 Å². The predicted octanol–water partition coefficient (Wildman–Crippen LogP) is 4.06. The summed E-state index contributed by atoms with van der Waals surface area (Å²) in [4.78, 5) is 0. The fourth-order valence-corrected chi connectivity index (χ4v) is 3.09. The number of hydrogen-bond acceptors (Lipinski definition) is 2. The number of hydrogen-bond donors (Lipinski definition) is 1. The van der Waals surface area contributed by atoms with Crippen molar-refractivity contribution < 1.29 is 0 Å². The number of nitrogens with two attached hydrogens (primary N) is 1. The molecule has 106 valence electrons. The lowest BCUT2D eigenvalue weighted by Gasteiger charge is -2.19. The zero-order chi connectivity index (χ0) is 13.9. The van der Waals surface area contributed by atoms with Crippen molar-refractivity contribution in [2.45, 2.75) is 51.4 Å². The lowest BCUT2D eigenvalue weighted by atomic mass is 9.87. The third-order valence-electron chi connectivity index (χ3n) is 4.37. The van der Waals surface area contributed by atoms with E-state index in [1.54, 1.807) is 0 Å². The molecular weight excluding hydrogens is 246 g/mol. The minimum Gasteiger partial charge on any atom is -0.384 e. The van der Waals surface area contributed by atoms with Crippen LogP contribution in [0.2, 0.25) is 0 Å². The monoisotopic (exact) mass is 269 g/mol. The Morgan fingerprint density at radius 1 is 1.15 bits per heavy atom. The molecule has 2 aromatic rings. The first-order valence-electron chi connectivity index (χ1n) is 7.72. The van der Waals surface area contributed by atoms with Gasteiger partial charge >= 0.3 is 0 Å². The molecule has 1 fully saturated rings. The van der Waals surface area contributed by atoms with E-state index in [1.807, 2.05) is 4.68 Å². The summed E-state index contributed by atoms with van der Waals surface area (Å²) in [7, 11) is 0. The molecule has 0 atom stereocenters. The first-order chi connectivity index (χ1) is 9.78. The van der Waals surface area contributed by atoms with Crippen LogP contribution in [0, 0.1) is 0 Å². The highest BCUT2D eigenvalue weighted by Crippen LogP contribution is 2.33. The summed E-state index contributed by atoms with van der Waals surface area (Å²) in [5.74, 6) is 1.34. The SMILES string of the molecule is CCc1ccc(-n2nc(C3CCCCC3)cc2N)cc1. The average molecular weight is 269 g/mol. The topological polar surface area (TPSA) is 43.8 Å². The second kappa shape index (κ2) is 5.70. The summed E-state index contributed by atoms with van der Waals surface area (Å²) in [5.41, 5.74) is 9.72. The van der Waals surface area contributed by atoms with E-state index < -0.39 is 0 Å². The molecule has 0 unspecified atom stereocenters. The standard InChI is InChI=1S/C17H23N3/c1-2-13-8-10-15(11-9-13)20-17(18)12-16(19-20)14-6-4-3-5-7-14/h8-12,14H,2-7,18H2,1H3. The molecule has 1 aromatic heterocycles. The number of benzene rings is 1. The van der Waals surface area contributed by atoms with Crippen LogP contribution in [0.4, 0.5) is 5.82 Å². The number of anilines is 1. The maximum atomic E-state index is 6.15. The van der Waals surface area contributed by atoms with Crippen LogP contribution in [0.1, 0.15) is 56.2 Å². The van der Waals surface area contributed by atoms with E-state index in [-0.39, 0.29) is 0 Å². The van der Waals surface area contributed by atoms with E-state index in [1.165, 1.54) is 43.4 Å². The Balaban J connectivity index is 1.87. The Morgan fingerprint density at radius 3 is 2.50 bits per heavy atom. The third-order valence-corrected chi connectivity index (χ3v) is 4.37. The molecule has 0 bridgehead atoms. The molecule has 0 spiro atoms. The first kappa shape index (κ1) is 13.2. The van der Waals surface area contributed by atoms with Gasteiger partial charge in [0.15, 0.2) is 0 Å². The fraction of sp³-hybridized carbons (Fsp3) is 0.471. The summed E-state index contributed by atoms with van der Waals surface area (Å²) in [5, 5.41) is 4.75. The molecule has 20 heavy (non-hydrogen) atoms. The van der Waals surface area contributed by atoms with Crippen LogP contribution in [0.5, 0.6) is 0 Å². The number of aryl methyl sites for hydroxylation is 1. The number of nitrogens with zero attached hydrogens (tertiary/aromatic N) is 2. The quantitative estimate of drug-likeness (QED) is 0.913. The molecule has 0 radical (unpaired) electrons. The van der Waals surface area contributed by atoms with Gasteiger partial charge in [-0.15, -0.1) is 0 Å².